The summed E-state index contributed by atoms with van der Waals surface area (Å²) in [6.07, 6.45) is 0.758. The Kier molecular flexibility index (Phi) is 8.55. The Balaban J connectivity index is 0.00000338. The average Bonchev–Trinajstić information content (AvgIpc) is 2.60. The molecule has 142 valence electrons. The van der Waals surface area contributed by atoms with Crippen molar-refractivity contribution in [3.05, 3.63) is 53.8 Å². The lowest BCUT2D eigenvalue weighted by atomic mass is 10.0. The van der Waals surface area contributed by atoms with Crippen molar-refractivity contribution in [2.45, 2.75) is 26.3 Å². The van der Waals surface area contributed by atoms with E-state index in [1.807, 2.05) is 24.3 Å². The van der Waals surface area contributed by atoms with E-state index < -0.39 is 11.7 Å². The topological polar surface area (TPSA) is 64.3 Å². The molecule has 0 aliphatic heterocycles. The number of nitrogens with one attached hydrogen (secondary N) is 1. The van der Waals surface area contributed by atoms with Gasteiger partial charge in [-0.15, -0.1) is 12.4 Å². The van der Waals surface area contributed by atoms with Gasteiger partial charge in [0, 0.05) is 12.6 Å². The molecular weight excluding hydrogens is 355 g/mol. The van der Waals surface area contributed by atoms with E-state index in [2.05, 4.69) is 19.2 Å². The number of hydrogen-bond acceptors (Lipinski definition) is 3. The zero-order valence-corrected chi connectivity index (χ0v) is 16.1. The molecule has 0 fully saturated rings. The summed E-state index contributed by atoms with van der Waals surface area (Å²) in [5, 5.41) is 2.81. The van der Waals surface area contributed by atoms with E-state index >= 15 is 0 Å². The maximum Gasteiger partial charge on any atom is 0.254 e. The molecule has 2 aromatic rings. The molecule has 2 rings (SSSR count). The molecule has 3 N–H and O–H groups in total. The molecule has 2 aromatic carbocycles. The third-order valence-corrected chi connectivity index (χ3v) is 4.01. The molecule has 1 amide bonds. The number of halogens is 2. The van der Waals surface area contributed by atoms with Crippen LogP contribution in [0.4, 0.5) is 4.39 Å². The number of nitrogens with two attached hydrogens (primary N) is 1. The van der Waals surface area contributed by atoms with Gasteiger partial charge < -0.3 is 15.8 Å². The van der Waals surface area contributed by atoms with Crippen molar-refractivity contribution >= 4 is 18.3 Å². The number of rotatable bonds is 7. The van der Waals surface area contributed by atoms with Crippen LogP contribution in [0.3, 0.4) is 0 Å². The molecule has 1 unspecified atom stereocenters. The first-order chi connectivity index (χ1) is 11.9. The van der Waals surface area contributed by atoms with Gasteiger partial charge in [0.2, 0.25) is 0 Å². The molecule has 0 aromatic heterocycles. The summed E-state index contributed by atoms with van der Waals surface area (Å²) in [6, 6.07) is 11.8. The number of ether oxygens (including phenoxy) is 1. The van der Waals surface area contributed by atoms with Crippen LogP contribution in [-0.4, -0.2) is 25.6 Å². The van der Waals surface area contributed by atoms with Gasteiger partial charge in [-0.05, 0) is 47.7 Å². The summed E-state index contributed by atoms with van der Waals surface area (Å²) in [7, 11) is 1.59. The molecule has 6 heteroatoms. The van der Waals surface area contributed by atoms with Gasteiger partial charge in [-0.3, -0.25) is 4.79 Å². The van der Waals surface area contributed by atoms with Crippen molar-refractivity contribution in [3.8, 4) is 16.9 Å². The molecule has 0 saturated carbocycles. The fraction of sp³-hybridized carbons (Fsp3) is 0.350. The molecular formula is C20H26ClFN2O2. The number of hydrogen-bond donors (Lipinski definition) is 2. The predicted molar refractivity (Wildman–Crippen MR) is 105 cm³/mol. The molecule has 0 radical (unpaired) electrons. The van der Waals surface area contributed by atoms with Crippen molar-refractivity contribution in [1.29, 1.82) is 0 Å². The largest absolute Gasteiger partial charge is 0.497 e. The fourth-order valence-corrected chi connectivity index (χ4v) is 2.71. The highest BCUT2D eigenvalue weighted by atomic mass is 35.5. The van der Waals surface area contributed by atoms with Crippen LogP contribution in [0.15, 0.2) is 42.5 Å². The molecule has 0 heterocycles. The second-order valence-corrected chi connectivity index (χ2v) is 6.46. The third kappa shape index (κ3) is 5.71. The van der Waals surface area contributed by atoms with Crippen LogP contribution in [-0.2, 0) is 0 Å². The van der Waals surface area contributed by atoms with E-state index in [1.165, 1.54) is 12.1 Å². The van der Waals surface area contributed by atoms with Crippen molar-refractivity contribution in [2.24, 2.45) is 11.7 Å². The smallest absolute Gasteiger partial charge is 0.254 e. The zero-order chi connectivity index (χ0) is 18.4. The Morgan fingerprint density at radius 2 is 1.77 bits per heavy atom. The minimum atomic E-state index is -0.550. The highest BCUT2D eigenvalue weighted by molar-refractivity contribution is 5.95. The van der Waals surface area contributed by atoms with Gasteiger partial charge in [-0.1, -0.05) is 32.0 Å². The minimum Gasteiger partial charge on any atom is -0.497 e. The first-order valence-electron chi connectivity index (χ1n) is 8.39. The molecule has 26 heavy (non-hydrogen) atoms. The molecule has 0 saturated heterocycles. The Hall–Kier alpha value is -2.11. The van der Waals surface area contributed by atoms with Crippen LogP contribution in [0.5, 0.6) is 5.75 Å². The summed E-state index contributed by atoms with van der Waals surface area (Å²) < 4.78 is 19.5. The lowest BCUT2D eigenvalue weighted by molar-refractivity contribution is 0.0929. The predicted octanol–water partition coefficient (Wildman–Crippen LogP) is 4.03. The number of carbonyl (C=O) groups excluding carboxylic acids is 1. The third-order valence-electron chi connectivity index (χ3n) is 4.01. The summed E-state index contributed by atoms with van der Waals surface area (Å²) in [4.78, 5) is 12.3. The minimum absolute atomic E-state index is 0. The van der Waals surface area contributed by atoms with Gasteiger partial charge in [0.05, 0.1) is 12.7 Å². The first-order valence-corrected chi connectivity index (χ1v) is 8.39. The molecule has 1 atom stereocenters. The van der Waals surface area contributed by atoms with Crippen molar-refractivity contribution in [2.75, 3.05) is 13.7 Å². The monoisotopic (exact) mass is 380 g/mol. The van der Waals surface area contributed by atoms with Gasteiger partial charge in [-0.25, -0.2) is 4.39 Å². The van der Waals surface area contributed by atoms with Gasteiger partial charge in [0.1, 0.15) is 11.6 Å². The SMILES string of the molecule is COc1ccc(-c2ccc(C(=O)NC(CN)CC(C)C)c(F)c2)cc1.Cl. The van der Waals surface area contributed by atoms with E-state index in [1.54, 1.807) is 13.2 Å². The Morgan fingerprint density at radius 3 is 2.27 bits per heavy atom. The normalized spacial score (nSPS) is 11.6. The standard InChI is InChI=1S/C20H25FN2O2.ClH/c1-13(2)10-16(12-22)23-20(24)18-9-6-15(11-19(18)21)14-4-7-17(25-3)8-5-14;/h4-9,11,13,16H,10,12,22H2,1-3H3,(H,23,24);1H. The van der Waals surface area contributed by atoms with E-state index in [0.717, 1.165) is 17.7 Å². The summed E-state index contributed by atoms with van der Waals surface area (Å²) in [5.74, 6) is 0.148. The lowest BCUT2D eigenvalue weighted by Gasteiger charge is -2.19. The van der Waals surface area contributed by atoms with Crippen LogP contribution in [0.25, 0.3) is 11.1 Å². The van der Waals surface area contributed by atoms with Crippen LogP contribution in [0, 0.1) is 11.7 Å². The lowest BCUT2D eigenvalue weighted by Crippen LogP contribution is -2.41. The van der Waals surface area contributed by atoms with Crippen molar-refractivity contribution in [3.63, 3.8) is 0 Å². The molecule has 0 aliphatic carbocycles. The average molecular weight is 381 g/mol. The molecule has 0 aliphatic rings. The van der Waals surface area contributed by atoms with Gasteiger partial charge >= 0.3 is 0 Å². The second-order valence-electron chi connectivity index (χ2n) is 6.46. The van der Waals surface area contributed by atoms with E-state index in [9.17, 15) is 9.18 Å². The quantitative estimate of drug-likeness (QED) is 0.762. The number of carbonyl (C=O) groups is 1. The van der Waals surface area contributed by atoms with Crippen molar-refractivity contribution in [1.82, 2.24) is 5.32 Å². The molecule has 4 nitrogen and oxygen atoms in total. The highest BCUT2D eigenvalue weighted by Gasteiger charge is 2.17. The number of amides is 1. The summed E-state index contributed by atoms with van der Waals surface area (Å²) in [6.45, 7) is 4.44. The van der Waals surface area contributed by atoms with Crippen LogP contribution in [0.2, 0.25) is 0 Å². The Labute approximate surface area is 160 Å². The van der Waals surface area contributed by atoms with E-state index in [0.29, 0.717) is 18.0 Å². The summed E-state index contributed by atoms with van der Waals surface area (Å²) in [5.41, 5.74) is 7.27. The maximum absolute atomic E-state index is 14.4. The van der Waals surface area contributed by atoms with Gasteiger partial charge in [0.25, 0.3) is 5.91 Å². The number of methoxy groups -OCH3 is 1. The van der Waals surface area contributed by atoms with E-state index in [4.69, 9.17) is 10.5 Å². The second kappa shape index (κ2) is 10.1. The molecule has 0 bridgehead atoms. The van der Waals surface area contributed by atoms with Crippen LogP contribution >= 0.6 is 12.4 Å². The number of benzene rings is 2. The Bertz CT molecular complexity index is 720. The first kappa shape index (κ1) is 21.9. The Morgan fingerprint density at radius 1 is 1.15 bits per heavy atom. The van der Waals surface area contributed by atoms with Gasteiger partial charge in [0.15, 0.2) is 0 Å². The van der Waals surface area contributed by atoms with Gasteiger partial charge in [-0.2, -0.15) is 0 Å². The summed E-state index contributed by atoms with van der Waals surface area (Å²) >= 11 is 0. The highest BCUT2D eigenvalue weighted by Crippen LogP contribution is 2.24. The molecule has 0 spiro atoms. The van der Waals surface area contributed by atoms with Crippen LogP contribution in [0.1, 0.15) is 30.6 Å². The fourth-order valence-electron chi connectivity index (χ4n) is 2.71. The maximum atomic E-state index is 14.4. The van der Waals surface area contributed by atoms with Crippen molar-refractivity contribution < 1.29 is 13.9 Å². The zero-order valence-electron chi connectivity index (χ0n) is 15.3. The van der Waals surface area contributed by atoms with E-state index in [-0.39, 0.29) is 24.0 Å². The van der Waals surface area contributed by atoms with Crippen LogP contribution < -0.4 is 15.8 Å².